The molecule has 0 aromatic rings. The van der Waals surface area contributed by atoms with Gasteiger partial charge >= 0.3 is 5.97 Å². The van der Waals surface area contributed by atoms with Crippen LogP contribution in [0.15, 0.2) is 29.9 Å². The standard InChI is InChI=1S/C19H30O3/c1-2-3-4-8-11-14-18(17-20)15-12-9-6-5-7-10-13-16-19(21)22/h6,9,12,15H,2-5,7-8,10-11,13-14,16H2,1H3,(H,21,22)/b9-6+,15-12+. The van der Waals surface area contributed by atoms with Crippen LogP contribution in [0.5, 0.6) is 0 Å². The first kappa shape index (κ1) is 20.4. The second kappa shape index (κ2) is 15.8. The highest BCUT2D eigenvalue weighted by molar-refractivity contribution is 5.66. The number of carboxylic acids is 1. The highest BCUT2D eigenvalue weighted by Crippen LogP contribution is 2.10. The van der Waals surface area contributed by atoms with Crippen molar-refractivity contribution in [1.82, 2.24) is 0 Å². The zero-order valence-corrected chi connectivity index (χ0v) is 13.9. The predicted molar refractivity (Wildman–Crippen MR) is 91.6 cm³/mol. The maximum absolute atomic E-state index is 10.8. The molecular weight excluding hydrogens is 276 g/mol. The van der Waals surface area contributed by atoms with Crippen LogP contribution in [-0.4, -0.2) is 17.0 Å². The number of unbranched alkanes of at least 4 members (excludes halogenated alkanes) is 7. The highest BCUT2D eigenvalue weighted by Gasteiger charge is 1.95. The van der Waals surface area contributed by atoms with Crippen molar-refractivity contribution in [2.75, 3.05) is 0 Å². The van der Waals surface area contributed by atoms with Gasteiger partial charge in [-0.2, -0.15) is 0 Å². The molecule has 0 fully saturated rings. The molecule has 0 amide bonds. The maximum atomic E-state index is 10.8. The van der Waals surface area contributed by atoms with Gasteiger partial charge in [-0.1, -0.05) is 57.3 Å². The average Bonchev–Trinajstić information content (AvgIpc) is 2.50. The third-order valence-electron chi connectivity index (χ3n) is 3.49. The Bertz CT molecular complexity index is 387. The van der Waals surface area contributed by atoms with Crippen LogP contribution in [0, 0.1) is 0 Å². The van der Waals surface area contributed by atoms with Crippen molar-refractivity contribution in [2.45, 2.75) is 77.6 Å². The summed E-state index contributed by atoms with van der Waals surface area (Å²) in [5.74, 6) is 1.29. The first-order chi connectivity index (χ1) is 10.7. The Morgan fingerprint density at radius 2 is 1.64 bits per heavy atom. The largest absolute Gasteiger partial charge is 0.481 e. The second-order valence-corrected chi connectivity index (χ2v) is 5.57. The average molecular weight is 306 g/mol. The number of carbonyl (C=O) groups excluding carboxylic acids is 1. The molecule has 0 bridgehead atoms. The Labute approximate surface area is 134 Å². The zero-order chi connectivity index (χ0) is 16.5. The summed E-state index contributed by atoms with van der Waals surface area (Å²) >= 11 is 0. The Kier molecular flexibility index (Phi) is 14.6. The second-order valence-electron chi connectivity index (χ2n) is 5.57. The van der Waals surface area contributed by atoms with E-state index in [4.69, 9.17) is 5.11 Å². The molecule has 0 spiro atoms. The molecule has 0 rings (SSSR count). The Balaban J connectivity index is 3.68. The van der Waals surface area contributed by atoms with Gasteiger partial charge in [-0.25, -0.2) is 4.79 Å². The number of aliphatic carboxylic acids is 1. The molecule has 0 aromatic carbocycles. The molecular formula is C19H30O3. The van der Waals surface area contributed by atoms with Crippen LogP contribution >= 0.6 is 0 Å². The van der Waals surface area contributed by atoms with Gasteiger partial charge in [-0.15, -0.1) is 0 Å². The van der Waals surface area contributed by atoms with E-state index in [2.05, 4.69) is 13.0 Å². The minimum Gasteiger partial charge on any atom is -0.481 e. The van der Waals surface area contributed by atoms with E-state index in [9.17, 15) is 9.59 Å². The lowest BCUT2D eigenvalue weighted by atomic mass is 10.1. The van der Waals surface area contributed by atoms with Crippen molar-refractivity contribution < 1.29 is 14.7 Å². The van der Waals surface area contributed by atoms with Crippen LogP contribution in [-0.2, 0) is 9.59 Å². The van der Waals surface area contributed by atoms with Crippen LogP contribution in [0.2, 0.25) is 0 Å². The molecule has 22 heavy (non-hydrogen) atoms. The number of carboxylic acid groups (broad SMARTS) is 1. The fraction of sp³-hybridized carbons (Fsp3) is 0.632. The van der Waals surface area contributed by atoms with Crippen molar-refractivity contribution >= 4 is 11.9 Å². The van der Waals surface area contributed by atoms with Gasteiger partial charge in [0.1, 0.15) is 5.94 Å². The van der Waals surface area contributed by atoms with Crippen LogP contribution < -0.4 is 0 Å². The molecule has 0 aliphatic carbocycles. The Morgan fingerprint density at radius 3 is 2.32 bits per heavy atom. The lowest BCUT2D eigenvalue weighted by Crippen LogP contribution is -1.93. The monoisotopic (exact) mass is 306 g/mol. The Morgan fingerprint density at radius 1 is 0.955 bits per heavy atom. The minimum absolute atomic E-state index is 0.259. The molecule has 0 radical (unpaired) electrons. The fourth-order valence-corrected chi connectivity index (χ4v) is 2.15. The highest BCUT2D eigenvalue weighted by atomic mass is 16.4. The molecule has 0 atom stereocenters. The predicted octanol–water partition coefficient (Wildman–Crippen LogP) is 5.25. The van der Waals surface area contributed by atoms with Gasteiger partial charge in [-0.3, -0.25) is 4.79 Å². The van der Waals surface area contributed by atoms with E-state index in [0.29, 0.717) is 0 Å². The topological polar surface area (TPSA) is 54.4 Å². The van der Waals surface area contributed by atoms with Gasteiger partial charge in [0.05, 0.1) is 0 Å². The summed E-state index contributed by atoms with van der Waals surface area (Å²) in [4.78, 5) is 21.2. The summed E-state index contributed by atoms with van der Waals surface area (Å²) in [6.07, 6.45) is 18.4. The molecule has 0 aromatic heterocycles. The van der Waals surface area contributed by atoms with Crippen molar-refractivity contribution in [1.29, 1.82) is 0 Å². The lowest BCUT2D eigenvalue weighted by molar-refractivity contribution is -0.137. The molecule has 0 heterocycles. The van der Waals surface area contributed by atoms with Crippen molar-refractivity contribution in [3.8, 4) is 0 Å². The molecule has 0 saturated carbocycles. The molecule has 3 nitrogen and oxygen atoms in total. The quantitative estimate of drug-likeness (QED) is 0.271. The van der Waals surface area contributed by atoms with E-state index in [1.165, 1.54) is 25.7 Å². The van der Waals surface area contributed by atoms with Gasteiger partial charge in [0.25, 0.3) is 0 Å². The van der Waals surface area contributed by atoms with Crippen LogP contribution in [0.1, 0.15) is 77.6 Å². The normalized spacial score (nSPS) is 11.1. The number of carbonyl (C=O) groups is 1. The summed E-state index contributed by atoms with van der Waals surface area (Å²) < 4.78 is 0. The molecule has 1 N–H and O–H groups in total. The fourth-order valence-electron chi connectivity index (χ4n) is 2.15. The minimum atomic E-state index is -0.721. The molecule has 3 heteroatoms. The summed E-state index contributed by atoms with van der Waals surface area (Å²) in [5, 5.41) is 8.51. The summed E-state index contributed by atoms with van der Waals surface area (Å²) in [7, 11) is 0. The van der Waals surface area contributed by atoms with E-state index in [1.54, 1.807) is 0 Å². The number of rotatable bonds is 14. The maximum Gasteiger partial charge on any atom is 0.303 e. The lowest BCUT2D eigenvalue weighted by Gasteiger charge is -1.98. The first-order valence-corrected chi connectivity index (χ1v) is 8.49. The molecule has 124 valence electrons. The van der Waals surface area contributed by atoms with Crippen molar-refractivity contribution in [3.05, 3.63) is 29.9 Å². The van der Waals surface area contributed by atoms with Crippen LogP contribution in [0.25, 0.3) is 0 Å². The summed E-state index contributed by atoms with van der Waals surface area (Å²) in [6.45, 7) is 2.19. The number of hydrogen-bond acceptors (Lipinski definition) is 2. The smallest absolute Gasteiger partial charge is 0.303 e. The summed E-state index contributed by atoms with van der Waals surface area (Å²) in [6, 6.07) is 0. The van der Waals surface area contributed by atoms with Crippen molar-refractivity contribution in [2.24, 2.45) is 0 Å². The molecule has 0 unspecified atom stereocenters. The van der Waals surface area contributed by atoms with Gasteiger partial charge < -0.3 is 5.11 Å². The third-order valence-corrected chi connectivity index (χ3v) is 3.49. The van der Waals surface area contributed by atoms with Crippen LogP contribution in [0.4, 0.5) is 0 Å². The summed E-state index contributed by atoms with van der Waals surface area (Å²) in [5.41, 5.74) is 0.739. The van der Waals surface area contributed by atoms with E-state index < -0.39 is 5.97 Å². The van der Waals surface area contributed by atoms with Crippen LogP contribution in [0.3, 0.4) is 0 Å². The van der Waals surface area contributed by atoms with Gasteiger partial charge in [0.15, 0.2) is 0 Å². The number of hydrogen-bond donors (Lipinski definition) is 1. The molecule has 0 saturated heterocycles. The van der Waals surface area contributed by atoms with E-state index >= 15 is 0 Å². The van der Waals surface area contributed by atoms with E-state index in [-0.39, 0.29) is 6.42 Å². The first-order valence-electron chi connectivity index (χ1n) is 8.49. The van der Waals surface area contributed by atoms with Gasteiger partial charge in [-0.05, 0) is 38.2 Å². The third kappa shape index (κ3) is 14.8. The number of allylic oxidation sites excluding steroid dienone is 5. The zero-order valence-electron chi connectivity index (χ0n) is 13.9. The Hall–Kier alpha value is -1.60. The molecule has 0 aliphatic rings. The SMILES string of the molecule is CCCCCCCC(=C=O)/C=C/C=C/CCCCCC(=O)O. The van der Waals surface area contributed by atoms with E-state index in [1.807, 2.05) is 24.2 Å². The van der Waals surface area contributed by atoms with E-state index in [0.717, 1.165) is 44.1 Å². The molecule has 0 aliphatic heterocycles. The van der Waals surface area contributed by atoms with Crippen molar-refractivity contribution in [3.63, 3.8) is 0 Å². The van der Waals surface area contributed by atoms with Gasteiger partial charge in [0, 0.05) is 12.0 Å². The van der Waals surface area contributed by atoms with Gasteiger partial charge in [0.2, 0.25) is 0 Å².